The van der Waals surface area contributed by atoms with Crippen LogP contribution in [0.4, 0.5) is 14.5 Å². The number of carbonyl (C=O) groups is 1. The minimum atomic E-state index is -0.784. The van der Waals surface area contributed by atoms with Gasteiger partial charge >= 0.3 is 0 Å². The van der Waals surface area contributed by atoms with Crippen LogP contribution in [0.2, 0.25) is 0 Å². The van der Waals surface area contributed by atoms with E-state index < -0.39 is 11.6 Å². The van der Waals surface area contributed by atoms with Crippen LogP contribution in [0.15, 0.2) is 30.3 Å². The van der Waals surface area contributed by atoms with E-state index in [0.29, 0.717) is 22.0 Å². The molecule has 1 aromatic carbocycles. The van der Waals surface area contributed by atoms with Crippen LogP contribution in [0.3, 0.4) is 0 Å². The lowest BCUT2D eigenvalue weighted by Gasteiger charge is -2.09. The minimum absolute atomic E-state index is 0.0663. The number of rotatable bonds is 5. The van der Waals surface area contributed by atoms with Crippen LogP contribution in [-0.2, 0) is 6.73 Å². The Balaban J connectivity index is 1.74. The van der Waals surface area contributed by atoms with Gasteiger partial charge in [-0.25, -0.2) is 13.5 Å². The van der Waals surface area contributed by atoms with Crippen LogP contribution in [0.25, 0.3) is 0 Å². The summed E-state index contributed by atoms with van der Waals surface area (Å²) < 4.78 is 33.5. The van der Waals surface area contributed by atoms with Gasteiger partial charge in [0.25, 0.3) is 5.91 Å². The number of hydrogen-bond acceptors (Lipinski definition) is 4. The van der Waals surface area contributed by atoms with Crippen LogP contribution in [0.5, 0.6) is 5.75 Å². The number of aryl methyl sites for hydroxylation is 2. The lowest BCUT2D eigenvalue weighted by Crippen LogP contribution is -2.13. The van der Waals surface area contributed by atoms with Crippen LogP contribution in [0, 0.1) is 32.4 Å². The Morgan fingerprint density at radius 1 is 1.23 bits per heavy atom. The number of ether oxygens (including phenoxy) is 1. The van der Waals surface area contributed by atoms with Crippen molar-refractivity contribution in [3.05, 3.63) is 63.1 Å². The third kappa shape index (κ3) is 3.75. The average Bonchev–Trinajstić information content (AvgIpc) is 3.13. The van der Waals surface area contributed by atoms with Crippen LogP contribution >= 0.6 is 11.3 Å². The fourth-order valence-corrected chi connectivity index (χ4v) is 3.22. The van der Waals surface area contributed by atoms with Gasteiger partial charge in [-0.2, -0.15) is 5.10 Å². The maximum absolute atomic E-state index is 13.6. The number of anilines is 1. The van der Waals surface area contributed by atoms with E-state index in [2.05, 4.69) is 10.4 Å². The third-order valence-electron chi connectivity index (χ3n) is 3.82. The molecule has 1 amide bonds. The maximum atomic E-state index is 13.6. The lowest BCUT2D eigenvalue weighted by atomic mass is 10.3. The first-order chi connectivity index (χ1) is 12.3. The quantitative estimate of drug-likeness (QED) is 0.715. The zero-order chi connectivity index (χ0) is 18.8. The number of halogens is 2. The smallest absolute Gasteiger partial charge is 0.265 e. The zero-order valence-corrected chi connectivity index (χ0v) is 15.3. The van der Waals surface area contributed by atoms with Crippen molar-refractivity contribution in [1.82, 2.24) is 9.78 Å². The normalized spacial score (nSPS) is 10.8. The summed E-state index contributed by atoms with van der Waals surface area (Å²) in [5, 5.41) is 7.16. The van der Waals surface area contributed by atoms with E-state index in [9.17, 15) is 13.6 Å². The number of carbonyl (C=O) groups excluding carboxylic acids is 1. The number of nitrogens with zero attached hydrogens (tertiary/aromatic N) is 2. The largest absolute Gasteiger partial charge is 0.468 e. The molecule has 0 radical (unpaired) electrons. The van der Waals surface area contributed by atoms with E-state index in [-0.39, 0.29) is 18.4 Å². The summed E-state index contributed by atoms with van der Waals surface area (Å²) in [7, 11) is 0. The first kappa shape index (κ1) is 18.1. The summed E-state index contributed by atoms with van der Waals surface area (Å²) in [6, 6.07) is 6.75. The Hall–Kier alpha value is -2.74. The average molecular weight is 377 g/mol. The molecule has 0 fully saturated rings. The fraction of sp³-hybridized carbons (Fsp3) is 0.222. The van der Waals surface area contributed by atoms with Gasteiger partial charge in [0.15, 0.2) is 18.3 Å². The molecule has 26 heavy (non-hydrogen) atoms. The highest BCUT2D eigenvalue weighted by Gasteiger charge is 2.17. The van der Waals surface area contributed by atoms with Gasteiger partial charge in [-0.3, -0.25) is 4.79 Å². The zero-order valence-electron chi connectivity index (χ0n) is 14.5. The molecule has 5 nitrogen and oxygen atoms in total. The molecule has 0 aliphatic carbocycles. The summed E-state index contributed by atoms with van der Waals surface area (Å²) in [5.74, 6) is -1.74. The molecule has 0 bridgehead atoms. The van der Waals surface area contributed by atoms with Crippen molar-refractivity contribution in [3.8, 4) is 5.75 Å². The Kier molecular flexibility index (Phi) is 5.03. The van der Waals surface area contributed by atoms with E-state index in [0.717, 1.165) is 17.0 Å². The predicted octanol–water partition coefficient (Wildman–Crippen LogP) is 4.44. The minimum Gasteiger partial charge on any atom is -0.468 e. The van der Waals surface area contributed by atoms with E-state index in [1.54, 1.807) is 19.9 Å². The second kappa shape index (κ2) is 7.25. The van der Waals surface area contributed by atoms with Crippen LogP contribution in [-0.4, -0.2) is 15.7 Å². The molecule has 0 unspecified atom stereocenters. The van der Waals surface area contributed by atoms with Crippen molar-refractivity contribution in [2.24, 2.45) is 0 Å². The summed E-state index contributed by atoms with van der Waals surface area (Å²) in [6.07, 6.45) is 0. The summed E-state index contributed by atoms with van der Waals surface area (Å²) in [4.78, 5) is 14.0. The molecule has 0 saturated heterocycles. The lowest BCUT2D eigenvalue weighted by molar-refractivity contribution is 0.103. The monoisotopic (exact) mass is 377 g/mol. The van der Waals surface area contributed by atoms with Crippen molar-refractivity contribution >= 4 is 22.9 Å². The molecule has 0 aliphatic rings. The molecule has 3 aromatic rings. The number of aromatic nitrogens is 2. The fourth-order valence-electron chi connectivity index (χ4n) is 2.46. The van der Waals surface area contributed by atoms with E-state index in [4.69, 9.17) is 4.74 Å². The molecule has 0 saturated carbocycles. The number of benzene rings is 1. The summed E-state index contributed by atoms with van der Waals surface area (Å²) in [6.45, 7) is 5.40. The van der Waals surface area contributed by atoms with Gasteiger partial charge in [0.1, 0.15) is 5.82 Å². The van der Waals surface area contributed by atoms with Crippen molar-refractivity contribution in [2.45, 2.75) is 27.5 Å². The second-order valence-corrected chi connectivity index (χ2v) is 7.05. The molecule has 0 spiro atoms. The Labute approximate surface area is 153 Å². The van der Waals surface area contributed by atoms with Crippen LogP contribution < -0.4 is 10.1 Å². The molecule has 2 heterocycles. The molecule has 136 valence electrons. The highest BCUT2D eigenvalue weighted by molar-refractivity contribution is 7.14. The molecule has 1 N–H and O–H groups in total. The van der Waals surface area contributed by atoms with E-state index in [1.807, 2.05) is 13.0 Å². The van der Waals surface area contributed by atoms with Crippen LogP contribution in [0.1, 0.15) is 25.9 Å². The van der Waals surface area contributed by atoms with Gasteiger partial charge in [0, 0.05) is 10.9 Å². The second-order valence-electron chi connectivity index (χ2n) is 5.76. The highest BCUT2D eigenvalue weighted by atomic mass is 32.1. The Bertz CT molecular complexity index is 965. The molecule has 2 aromatic heterocycles. The maximum Gasteiger partial charge on any atom is 0.265 e. The van der Waals surface area contributed by atoms with Gasteiger partial charge in [0.05, 0.1) is 22.0 Å². The molecule has 0 aliphatic heterocycles. The van der Waals surface area contributed by atoms with Gasteiger partial charge in [-0.15, -0.1) is 11.3 Å². The molecular formula is C18H17F2N3O2S. The molecule has 3 rings (SSSR count). The summed E-state index contributed by atoms with van der Waals surface area (Å²) >= 11 is 1.41. The number of thiophene rings is 1. The highest BCUT2D eigenvalue weighted by Crippen LogP contribution is 2.23. The standard InChI is InChI=1S/C18H17F2N3O2S/c1-10-4-7-16(26-10)18(24)21-17-11(2)22-23(12(17)3)9-25-15-6-5-13(19)8-14(15)20/h4-8H,9H2,1-3H3,(H,21,24). The van der Waals surface area contributed by atoms with E-state index >= 15 is 0 Å². The topological polar surface area (TPSA) is 56.2 Å². The molecular weight excluding hydrogens is 360 g/mol. The number of nitrogens with one attached hydrogen (secondary N) is 1. The Morgan fingerprint density at radius 2 is 2.00 bits per heavy atom. The first-order valence-electron chi connectivity index (χ1n) is 7.85. The molecule has 0 atom stereocenters. The van der Waals surface area contributed by atoms with Crippen molar-refractivity contribution in [2.75, 3.05) is 5.32 Å². The first-order valence-corrected chi connectivity index (χ1v) is 8.66. The number of amides is 1. The Morgan fingerprint density at radius 3 is 2.65 bits per heavy atom. The molecule has 8 heteroatoms. The van der Waals surface area contributed by atoms with Gasteiger partial charge in [0.2, 0.25) is 0 Å². The van der Waals surface area contributed by atoms with Crippen molar-refractivity contribution in [3.63, 3.8) is 0 Å². The third-order valence-corrected chi connectivity index (χ3v) is 4.82. The van der Waals surface area contributed by atoms with Gasteiger partial charge in [-0.1, -0.05) is 0 Å². The SMILES string of the molecule is Cc1ccc(C(=O)Nc2c(C)nn(COc3ccc(F)cc3F)c2C)s1. The van der Waals surface area contributed by atoms with Gasteiger partial charge < -0.3 is 10.1 Å². The van der Waals surface area contributed by atoms with Crippen molar-refractivity contribution < 1.29 is 18.3 Å². The van der Waals surface area contributed by atoms with Crippen molar-refractivity contribution in [1.29, 1.82) is 0 Å². The van der Waals surface area contributed by atoms with Gasteiger partial charge in [-0.05, 0) is 45.0 Å². The number of hydrogen-bond donors (Lipinski definition) is 1. The van der Waals surface area contributed by atoms with E-state index in [1.165, 1.54) is 22.1 Å². The predicted molar refractivity (Wildman–Crippen MR) is 95.7 cm³/mol. The summed E-state index contributed by atoms with van der Waals surface area (Å²) in [5.41, 5.74) is 1.88.